The summed E-state index contributed by atoms with van der Waals surface area (Å²) in [4.78, 5) is 11.9. The van der Waals surface area contributed by atoms with Crippen molar-refractivity contribution in [3.8, 4) is 0 Å². The normalized spacial score (nSPS) is 11.7. The molecule has 0 aliphatic rings. The Balaban J connectivity index is 3.19. The Morgan fingerprint density at radius 1 is 0.526 bits per heavy atom. The number of ether oxygens (including phenoxy) is 1. The third-order valence-electron chi connectivity index (χ3n) is 7.83. The van der Waals surface area contributed by atoms with Crippen LogP contribution in [-0.4, -0.2) is 12.6 Å². The van der Waals surface area contributed by atoms with Crippen LogP contribution in [0.25, 0.3) is 0 Å². The number of rotatable bonds is 31. The minimum atomic E-state index is 0.0196. The summed E-state index contributed by atoms with van der Waals surface area (Å²) in [6, 6.07) is 0. The van der Waals surface area contributed by atoms with E-state index in [2.05, 4.69) is 32.9 Å². The number of carbonyl (C=O) groups excluding carboxylic acids is 1. The average molecular weight is 535 g/mol. The van der Waals surface area contributed by atoms with Crippen LogP contribution in [0.15, 0.2) is 12.2 Å². The fourth-order valence-corrected chi connectivity index (χ4v) is 5.20. The third-order valence-corrected chi connectivity index (χ3v) is 7.83. The summed E-state index contributed by atoms with van der Waals surface area (Å²) in [5.41, 5.74) is 0. The van der Waals surface area contributed by atoms with Gasteiger partial charge in [-0.2, -0.15) is 0 Å². The van der Waals surface area contributed by atoms with Crippen molar-refractivity contribution in [1.82, 2.24) is 0 Å². The number of esters is 1. The van der Waals surface area contributed by atoms with E-state index < -0.39 is 0 Å². The predicted molar refractivity (Wildman–Crippen MR) is 170 cm³/mol. The van der Waals surface area contributed by atoms with Gasteiger partial charge in [-0.25, -0.2) is 0 Å². The molecule has 226 valence electrons. The third kappa shape index (κ3) is 33.2. The van der Waals surface area contributed by atoms with Crippen molar-refractivity contribution in [2.75, 3.05) is 6.61 Å². The Morgan fingerprint density at radius 3 is 1.39 bits per heavy atom. The van der Waals surface area contributed by atoms with E-state index in [-0.39, 0.29) is 5.97 Å². The van der Waals surface area contributed by atoms with Gasteiger partial charge in [0.05, 0.1) is 6.61 Å². The Kier molecular flexibility index (Phi) is 31.7. The van der Waals surface area contributed by atoms with Gasteiger partial charge in [0, 0.05) is 6.42 Å². The first kappa shape index (κ1) is 37.2. The molecule has 0 radical (unpaired) electrons. The van der Waals surface area contributed by atoms with Crippen LogP contribution in [0.4, 0.5) is 0 Å². The van der Waals surface area contributed by atoms with Gasteiger partial charge < -0.3 is 4.74 Å². The van der Waals surface area contributed by atoms with Gasteiger partial charge in [0.1, 0.15) is 0 Å². The summed E-state index contributed by atoms with van der Waals surface area (Å²) in [5.74, 6) is 0.888. The molecule has 0 amide bonds. The topological polar surface area (TPSA) is 26.3 Å². The van der Waals surface area contributed by atoms with E-state index in [1.54, 1.807) is 0 Å². The van der Waals surface area contributed by atoms with E-state index in [9.17, 15) is 4.79 Å². The number of hydrogen-bond donors (Lipinski definition) is 0. The average Bonchev–Trinajstić information content (AvgIpc) is 2.90. The minimum Gasteiger partial charge on any atom is -0.466 e. The van der Waals surface area contributed by atoms with Crippen LogP contribution in [0.2, 0.25) is 0 Å². The predicted octanol–water partition coefficient (Wildman–Crippen LogP) is 12.7. The smallest absolute Gasteiger partial charge is 0.305 e. The first-order chi connectivity index (χ1) is 18.7. The summed E-state index contributed by atoms with van der Waals surface area (Å²) >= 11 is 0. The van der Waals surface area contributed by atoms with Gasteiger partial charge in [0.25, 0.3) is 0 Å². The maximum Gasteiger partial charge on any atom is 0.305 e. The molecule has 0 aliphatic heterocycles. The van der Waals surface area contributed by atoms with Crippen LogP contribution in [0.1, 0.15) is 201 Å². The largest absolute Gasteiger partial charge is 0.466 e. The first-order valence-electron chi connectivity index (χ1n) is 17.5. The minimum absolute atomic E-state index is 0.0196. The molecule has 0 spiro atoms. The molecule has 0 fully saturated rings. The molecule has 0 aromatic carbocycles. The molecule has 0 aromatic rings. The van der Waals surface area contributed by atoms with E-state index in [0.29, 0.717) is 13.0 Å². The number of allylic oxidation sites excluding steroid dienone is 2. The van der Waals surface area contributed by atoms with Crippen LogP contribution in [0.3, 0.4) is 0 Å². The second-order valence-electron chi connectivity index (χ2n) is 12.3. The first-order valence-corrected chi connectivity index (χ1v) is 17.5. The number of carbonyl (C=O) groups is 1. The van der Waals surface area contributed by atoms with Crippen LogP contribution in [0, 0.1) is 5.92 Å². The molecular weight excluding hydrogens is 464 g/mol. The van der Waals surface area contributed by atoms with Crippen LogP contribution < -0.4 is 0 Å². The van der Waals surface area contributed by atoms with E-state index in [1.807, 2.05) is 0 Å². The molecule has 0 bridgehead atoms. The molecule has 0 saturated heterocycles. The molecule has 2 nitrogen and oxygen atoms in total. The molecule has 0 saturated carbocycles. The van der Waals surface area contributed by atoms with Crippen LogP contribution in [0.5, 0.6) is 0 Å². The highest BCUT2D eigenvalue weighted by molar-refractivity contribution is 5.69. The lowest BCUT2D eigenvalue weighted by Crippen LogP contribution is -2.05. The Morgan fingerprint density at radius 2 is 0.921 bits per heavy atom. The van der Waals surface area contributed by atoms with Crippen molar-refractivity contribution < 1.29 is 9.53 Å². The van der Waals surface area contributed by atoms with Crippen molar-refractivity contribution in [2.24, 2.45) is 5.92 Å². The van der Waals surface area contributed by atoms with Gasteiger partial charge in [-0.05, 0) is 44.4 Å². The number of unbranched alkanes of at least 4 members (excludes halogenated alkanes) is 23. The molecule has 0 N–H and O–H groups in total. The van der Waals surface area contributed by atoms with Crippen molar-refractivity contribution in [3.05, 3.63) is 12.2 Å². The Bertz CT molecular complexity index is 482. The highest BCUT2D eigenvalue weighted by Gasteiger charge is 2.02. The van der Waals surface area contributed by atoms with Crippen molar-refractivity contribution in [3.63, 3.8) is 0 Å². The second-order valence-corrected chi connectivity index (χ2v) is 12.3. The van der Waals surface area contributed by atoms with Gasteiger partial charge in [-0.3, -0.25) is 4.79 Å². The summed E-state index contributed by atoms with van der Waals surface area (Å²) in [5, 5.41) is 0. The highest BCUT2D eigenvalue weighted by Crippen LogP contribution is 2.15. The summed E-state index contributed by atoms with van der Waals surface area (Å²) in [6.07, 6.45) is 41.2. The van der Waals surface area contributed by atoms with Gasteiger partial charge in [-0.15, -0.1) is 0 Å². The quantitative estimate of drug-likeness (QED) is 0.0502. The highest BCUT2D eigenvalue weighted by atomic mass is 16.5. The maximum absolute atomic E-state index is 11.9. The fourth-order valence-electron chi connectivity index (χ4n) is 5.20. The molecule has 0 atom stereocenters. The van der Waals surface area contributed by atoms with Crippen molar-refractivity contribution in [1.29, 1.82) is 0 Å². The summed E-state index contributed by atoms with van der Waals surface area (Å²) < 4.78 is 5.43. The standard InChI is InChI=1S/C36H70O2/c1-4-5-6-7-8-9-10-11-12-13-16-19-22-25-28-31-34-38-36(37)33-30-27-24-21-18-15-14-17-20-23-26-29-32-35(2)3/h11-12,35H,4-10,13-34H2,1-3H3/b12-11-. The van der Waals surface area contributed by atoms with Crippen molar-refractivity contribution >= 4 is 5.97 Å². The number of hydrogen-bond acceptors (Lipinski definition) is 2. The zero-order chi connectivity index (χ0) is 27.8. The van der Waals surface area contributed by atoms with Gasteiger partial charge in [0.2, 0.25) is 0 Å². The SMILES string of the molecule is CCCCCCCC/C=C\CCCCCCCCOC(=O)CCCCCCCCCCCCCCC(C)C. The molecule has 0 unspecified atom stereocenters. The molecule has 2 heteroatoms. The lowest BCUT2D eigenvalue weighted by molar-refractivity contribution is -0.143. The lowest BCUT2D eigenvalue weighted by atomic mass is 10.0. The van der Waals surface area contributed by atoms with Crippen LogP contribution in [-0.2, 0) is 9.53 Å². The molecular formula is C36H70O2. The monoisotopic (exact) mass is 535 g/mol. The summed E-state index contributed by atoms with van der Waals surface area (Å²) in [6.45, 7) is 7.56. The zero-order valence-corrected chi connectivity index (χ0v) is 26.6. The Hall–Kier alpha value is -0.790. The molecule has 0 aromatic heterocycles. The maximum atomic E-state index is 11.9. The molecule has 0 rings (SSSR count). The van der Waals surface area contributed by atoms with Gasteiger partial charge >= 0.3 is 5.97 Å². The fraction of sp³-hybridized carbons (Fsp3) is 0.917. The molecule has 38 heavy (non-hydrogen) atoms. The molecule has 0 aliphatic carbocycles. The van der Waals surface area contributed by atoms with Crippen LogP contribution >= 0.6 is 0 Å². The van der Waals surface area contributed by atoms with Gasteiger partial charge in [-0.1, -0.05) is 168 Å². The lowest BCUT2D eigenvalue weighted by Gasteiger charge is -2.06. The Labute approximate surface area is 240 Å². The van der Waals surface area contributed by atoms with E-state index >= 15 is 0 Å². The van der Waals surface area contributed by atoms with E-state index in [1.165, 1.54) is 161 Å². The summed E-state index contributed by atoms with van der Waals surface area (Å²) in [7, 11) is 0. The second kappa shape index (κ2) is 32.4. The molecule has 0 heterocycles. The zero-order valence-electron chi connectivity index (χ0n) is 26.6. The van der Waals surface area contributed by atoms with Gasteiger partial charge in [0.15, 0.2) is 0 Å². The van der Waals surface area contributed by atoms with E-state index in [4.69, 9.17) is 4.74 Å². The van der Waals surface area contributed by atoms with Crippen molar-refractivity contribution in [2.45, 2.75) is 201 Å². The van der Waals surface area contributed by atoms with E-state index in [0.717, 1.165) is 18.8 Å².